The number of ketones is 1. The van der Waals surface area contributed by atoms with Gasteiger partial charge in [-0.3, -0.25) is 4.79 Å². The van der Waals surface area contributed by atoms with E-state index in [4.69, 9.17) is 9.47 Å². The number of carbonyl (C=O) groups excluding carboxylic acids is 1. The van der Waals surface area contributed by atoms with Crippen molar-refractivity contribution in [3.63, 3.8) is 0 Å². The second-order valence-electron chi connectivity index (χ2n) is 4.24. The maximum Gasteiger partial charge on any atom is 0.308 e. The summed E-state index contributed by atoms with van der Waals surface area (Å²) in [6, 6.07) is 5.83. The lowest BCUT2D eigenvalue weighted by Crippen LogP contribution is -2.42. The van der Waals surface area contributed by atoms with E-state index in [1.807, 2.05) is 18.2 Å². The lowest BCUT2D eigenvalue weighted by Gasteiger charge is -2.18. The lowest BCUT2D eigenvalue weighted by molar-refractivity contribution is -0.149. The molecule has 3 heteroatoms. The Kier molecular flexibility index (Phi) is 2.62. The third-order valence-electron chi connectivity index (χ3n) is 2.80. The molecule has 3 nitrogen and oxygen atoms in total. The molecule has 1 aliphatic heterocycles. The Bertz CT molecular complexity index is 425. The second kappa shape index (κ2) is 3.81. The number of Topliss-reactive ketones (excluding diaryl/α,β-unsaturated/α-hetero) is 1. The van der Waals surface area contributed by atoms with E-state index in [9.17, 15) is 4.79 Å². The van der Waals surface area contributed by atoms with Crippen LogP contribution in [0, 0.1) is 0 Å². The number of carbonyl (C=O) groups is 1. The molecule has 0 saturated heterocycles. The molecule has 0 radical (unpaired) electrons. The predicted molar refractivity (Wildman–Crippen MR) is 60.8 cm³/mol. The first-order chi connectivity index (χ1) is 7.55. The number of rotatable bonds is 3. The predicted octanol–water partition coefficient (Wildman–Crippen LogP) is 2.72. The van der Waals surface area contributed by atoms with Gasteiger partial charge in [-0.15, -0.1) is 0 Å². The summed E-state index contributed by atoms with van der Waals surface area (Å²) in [5.41, 5.74) is 1.21. The zero-order chi connectivity index (χ0) is 11.8. The molecule has 0 aromatic heterocycles. The van der Waals surface area contributed by atoms with Crippen LogP contribution >= 0.6 is 0 Å². The summed E-state index contributed by atoms with van der Waals surface area (Å²) >= 11 is 0. The first-order valence-electron chi connectivity index (χ1n) is 5.57. The van der Waals surface area contributed by atoms with Crippen LogP contribution in [0.2, 0.25) is 0 Å². The SMILES string of the molecule is CCCc1ccc2c(c1)OC(C)(C(C)=O)O2. The fourth-order valence-corrected chi connectivity index (χ4v) is 1.74. The van der Waals surface area contributed by atoms with Crippen molar-refractivity contribution in [1.82, 2.24) is 0 Å². The number of benzene rings is 1. The van der Waals surface area contributed by atoms with Crippen LogP contribution in [-0.2, 0) is 11.2 Å². The van der Waals surface area contributed by atoms with E-state index >= 15 is 0 Å². The van der Waals surface area contributed by atoms with Crippen molar-refractivity contribution >= 4 is 5.78 Å². The quantitative estimate of drug-likeness (QED) is 0.785. The van der Waals surface area contributed by atoms with Crippen LogP contribution in [0.3, 0.4) is 0 Å². The van der Waals surface area contributed by atoms with Crippen LogP contribution in [0.5, 0.6) is 11.5 Å². The number of ether oxygens (including phenoxy) is 2. The van der Waals surface area contributed by atoms with E-state index in [0.717, 1.165) is 12.8 Å². The molecule has 0 aliphatic carbocycles. The molecule has 2 rings (SSSR count). The highest BCUT2D eigenvalue weighted by Crippen LogP contribution is 2.40. The first-order valence-corrected chi connectivity index (χ1v) is 5.57. The standard InChI is InChI=1S/C13H16O3/c1-4-5-10-6-7-11-12(8-10)16-13(3,15-11)9(2)14/h6-8H,4-5H2,1-3H3. The molecule has 0 amide bonds. The molecular formula is C13H16O3. The highest BCUT2D eigenvalue weighted by atomic mass is 16.7. The molecule has 0 saturated carbocycles. The molecule has 16 heavy (non-hydrogen) atoms. The van der Waals surface area contributed by atoms with Gasteiger partial charge in [0.1, 0.15) is 0 Å². The number of hydrogen-bond donors (Lipinski definition) is 0. The molecule has 1 atom stereocenters. The van der Waals surface area contributed by atoms with Gasteiger partial charge in [0.15, 0.2) is 11.5 Å². The molecule has 0 N–H and O–H groups in total. The van der Waals surface area contributed by atoms with Gasteiger partial charge in [-0.25, -0.2) is 0 Å². The molecule has 1 aromatic carbocycles. The molecule has 1 aromatic rings. The zero-order valence-corrected chi connectivity index (χ0v) is 9.87. The maximum atomic E-state index is 11.4. The lowest BCUT2D eigenvalue weighted by atomic mass is 10.1. The third kappa shape index (κ3) is 1.77. The Hall–Kier alpha value is -1.51. The van der Waals surface area contributed by atoms with Crippen LogP contribution in [0.25, 0.3) is 0 Å². The first kappa shape index (κ1) is 11.0. The van der Waals surface area contributed by atoms with E-state index in [-0.39, 0.29) is 5.78 Å². The summed E-state index contributed by atoms with van der Waals surface area (Å²) in [7, 11) is 0. The minimum atomic E-state index is -1.15. The summed E-state index contributed by atoms with van der Waals surface area (Å²) < 4.78 is 11.1. The van der Waals surface area contributed by atoms with Crippen molar-refractivity contribution in [3.8, 4) is 11.5 Å². The summed E-state index contributed by atoms with van der Waals surface area (Å²) in [6.07, 6.45) is 2.09. The monoisotopic (exact) mass is 220 g/mol. The van der Waals surface area contributed by atoms with Gasteiger partial charge in [-0.05, 0) is 24.1 Å². The van der Waals surface area contributed by atoms with E-state index in [2.05, 4.69) is 6.92 Å². The molecule has 1 aliphatic rings. The van der Waals surface area contributed by atoms with E-state index in [1.165, 1.54) is 12.5 Å². The average molecular weight is 220 g/mol. The Morgan fingerprint density at radius 3 is 2.62 bits per heavy atom. The van der Waals surface area contributed by atoms with Gasteiger partial charge in [0.25, 0.3) is 0 Å². The smallest absolute Gasteiger partial charge is 0.308 e. The van der Waals surface area contributed by atoms with E-state index in [0.29, 0.717) is 11.5 Å². The molecule has 0 bridgehead atoms. The molecule has 1 heterocycles. The normalized spacial score (nSPS) is 22.2. The van der Waals surface area contributed by atoms with Crippen LogP contribution in [-0.4, -0.2) is 11.6 Å². The zero-order valence-electron chi connectivity index (χ0n) is 9.87. The van der Waals surface area contributed by atoms with Gasteiger partial charge in [0.05, 0.1) is 0 Å². The van der Waals surface area contributed by atoms with Crippen LogP contribution in [0.15, 0.2) is 18.2 Å². The fraction of sp³-hybridized carbons (Fsp3) is 0.462. The molecule has 0 spiro atoms. The van der Waals surface area contributed by atoms with Crippen molar-refractivity contribution in [3.05, 3.63) is 23.8 Å². The number of fused-ring (bicyclic) bond motifs is 1. The van der Waals surface area contributed by atoms with Crippen molar-refractivity contribution in [1.29, 1.82) is 0 Å². The maximum absolute atomic E-state index is 11.4. The molecule has 86 valence electrons. The number of hydrogen-bond acceptors (Lipinski definition) is 3. The Balaban J connectivity index is 2.27. The molecule has 1 unspecified atom stereocenters. The third-order valence-corrected chi connectivity index (χ3v) is 2.80. The fourth-order valence-electron chi connectivity index (χ4n) is 1.74. The molecule has 0 fully saturated rings. The van der Waals surface area contributed by atoms with Crippen molar-refractivity contribution in [2.45, 2.75) is 39.4 Å². The number of aryl methyl sites for hydroxylation is 1. The van der Waals surface area contributed by atoms with Gasteiger partial charge < -0.3 is 9.47 Å². The van der Waals surface area contributed by atoms with Gasteiger partial charge in [-0.2, -0.15) is 0 Å². The van der Waals surface area contributed by atoms with Crippen molar-refractivity contribution in [2.24, 2.45) is 0 Å². The van der Waals surface area contributed by atoms with E-state index < -0.39 is 5.79 Å². The highest BCUT2D eigenvalue weighted by molar-refractivity contribution is 5.84. The van der Waals surface area contributed by atoms with Crippen molar-refractivity contribution in [2.75, 3.05) is 0 Å². The van der Waals surface area contributed by atoms with Gasteiger partial charge in [0.2, 0.25) is 5.78 Å². The summed E-state index contributed by atoms with van der Waals surface area (Å²) in [5.74, 6) is 0.0506. The van der Waals surface area contributed by atoms with Crippen molar-refractivity contribution < 1.29 is 14.3 Å². The minimum Gasteiger partial charge on any atom is -0.442 e. The summed E-state index contributed by atoms with van der Waals surface area (Å²) in [5, 5.41) is 0. The van der Waals surface area contributed by atoms with Crippen LogP contribution < -0.4 is 9.47 Å². The largest absolute Gasteiger partial charge is 0.442 e. The minimum absolute atomic E-state index is 0.124. The summed E-state index contributed by atoms with van der Waals surface area (Å²) in [6.45, 7) is 5.25. The van der Waals surface area contributed by atoms with Gasteiger partial charge in [-0.1, -0.05) is 19.4 Å². The molecular weight excluding hydrogens is 204 g/mol. The van der Waals surface area contributed by atoms with Gasteiger partial charge >= 0.3 is 5.79 Å². The van der Waals surface area contributed by atoms with Crippen LogP contribution in [0.1, 0.15) is 32.8 Å². The van der Waals surface area contributed by atoms with E-state index in [1.54, 1.807) is 6.92 Å². The Labute approximate surface area is 95.4 Å². The Morgan fingerprint density at radius 2 is 2.00 bits per heavy atom. The Morgan fingerprint density at radius 1 is 1.31 bits per heavy atom. The summed E-state index contributed by atoms with van der Waals surface area (Å²) in [4.78, 5) is 11.4. The average Bonchev–Trinajstić information content (AvgIpc) is 2.55. The van der Waals surface area contributed by atoms with Gasteiger partial charge in [0, 0.05) is 13.8 Å². The highest BCUT2D eigenvalue weighted by Gasteiger charge is 2.41. The topological polar surface area (TPSA) is 35.5 Å². The van der Waals surface area contributed by atoms with Crippen LogP contribution in [0.4, 0.5) is 0 Å². The second-order valence-corrected chi connectivity index (χ2v) is 4.24.